The topological polar surface area (TPSA) is 17.1 Å². The van der Waals surface area contributed by atoms with Gasteiger partial charge in [-0.1, -0.05) is 21.6 Å². The van der Waals surface area contributed by atoms with E-state index in [0.717, 1.165) is 11.5 Å². The normalized spacial score (nSPS) is 21.6. The van der Waals surface area contributed by atoms with Gasteiger partial charge in [0.2, 0.25) is 0 Å². The van der Waals surface area contributed by atoms with Crippen molar-refractivity contribution in [2.24, 2.45) is 5.92 Å². The van der Waals surface area contributed by atoms with Gasteiger partial charge in [0.05, 0.1) is 0 Å². The first-order valence-corrected chi connectivity index (χ1v) is 5.04. The van der Waals surface area contributed by atoms with Gasteiger partial charge in [0.15, 0.2) is 0 Å². The summed E-state index contributed by atoms with van der Waals surface area (Å²) >= 11 is 0. The van der Waals surface area contributed by atoms with E-state index in [4.69, 9.17) is 0 Å². The number of carbonyl (C=O) groups is 1. The second-order valence-electron chi connectivity index (χ2n) is 1.88. The van der Waals surface area contributed by atoms with Crippen molar-refractivity contribution in [2.75, 3.05) is 11.5 Å². The van der Waals surface area contributed by atoms with Crippen molar-refractivity contribution in [2.45, 2.75) is 6.92 Å². The van der Waals surface area contributed by atoms with E-state index in [9.17, 15) is 4.79 Å². The molecule has 46 valence electrons. The molecule has 1 nitrogen and oxygen atoms in total. The van der Waals surface area contributed by atoms with Crippen molar-refractivity contribution in [3.05, 3.63) is 0 Å². The molecule has 0 N–H and O–H groups in total. The first kappa shape index (κ1) is 6.49. The van der Waals surface area contributed by atoms with Crippen molar-refractivity contribution in [3.63, 3.8) is 0 Å². The Morgan fingerprint density at radius 3 is 2.25 bits per heavy atom. The Hall–Kier alpha value is 0.370. The third kappa shape index (κ3) is 1.42. The Labute approximate surface area is 57.0 Å². The average molecular weight is 148 g/mol. The lowest BCUT2D eigenvalue weighted by Gasteiger charge is -1.96. The third-order valence-corrected chi connectivity index (χ3v) is 3.76. The van der Waals surface area contributed by atoms with Crippen LogP contribution in [0.2, 0.25) is 0 Å². The van der Waals surface area contributed by atoms with Crippen LogP contribution in [0.25, 0.3) is 0 Å². The number of Topliss-reactive ketones (excluding diaryl/α,β-unsaturated/α-hetero) is 1. The SMILES string of the molecule is CC(=O)C1CSSC1. The Kier molecular flexibility index (Phi) is 2.26. The molecule has 0 radical (unpaired) electrons. The van der Waals surface area contributed by atoms with Crippen LogP contribution < -0.4 is 0 Å². The van der Waals surface area contributed by atoms with Gasteiger partial charge in [0.25, 0.3) is 0 Å². The second kappa shape index (κ2) is 2.78. The monoisotopic (exact) mass is 148 g/mol. The van der Waals surface area contributed by atoms with Gasteiger partial charge in [-0.2, -0.15) is 0 Å². The number of ketones is 1. The molecule has 1 aliphatic rings. The van der Waals surface area contributed by atoms with Crippen molar-refractivity contribution >= 4 is 27.4 Å². The molecular weight excluding hydrogens is 140 g/mol. The minimum absolute atomic E-state index is 0.350. The molecule has 0 bridgehead atoms. The van der Waals surface area contributed by atoms with Gasteiger partial charge in [-0.25, -0.2) is 0 Å². The zero-order valence-electron chi connectivity index (χ0n) is 4.72. The van der Waals surface area contributed by atoms with Crippen LogP contribution in [0, 0.1) is 5.92 Å². The molecule has 0 amide bonds. The maximum absolute atomic E-state index is 10.6. The molecule has 0 spiro atoms. The summed E-state index contributed by atoms with van der Waals surface area (Å²) in [4.78, 5) is 10.6. The van der Waals surface area contributed by atoms with Crippen molar-refractivity contribution < 1.29 is 4.79 Å². The number of hydrogen-bond donors (Lipinski definition) is 0. The fourth-order valence-electron chi connectivity index (χ4n) is 0.543. The number of hydrogen-bond acceptors (Lipinski definition) is 3. The molecule has 0 aliphatic carbocycles. The van der Waals surface area contributed by atoms with Crippen LogP contribution in [-0.4, -0.2) is 17.3 Å². The molecule has 3 heteroatoms. The highest BCUT2D eigenvalue weighted by molar-refractivity contribution is 8.77. The highest BCUT2D eigenvalue weighted by Gasteiger charge is 2.19. The van der Waals surface area contributed by atoms with Crippen LogP contribution in [0.4, 0.5) is 0 Å². The van der Waals surface area contributed by atoms with Crippen LogP contribution in [0.1, 0.15) is 6.92 Å². The summed E-state index contributed by atoms with van der Waals surface area (Å²) in [7, 11) is 3.61. The zero-order chi connectivity index (χ0) is 5.98. The van der Waals surface area contributed by atoms with Crippen LogP contribution in [-0.2, 0) is 4.79 Å². The average Bonchev–Trinajstić information content (AvgIpc) is 2.12. The lowest BCUT2D eigenvalue weighted by atomic mass is 10.1. The van der Waals surface area contributed by atoms with Gasteiger partial charge in [0.1, 0.15) is 5.78 Å². The van der Waals surface area contributed by atoms with E-state index in [-0.39, 0.29) is 0 Å². The molecular formula is C5H8OS2. The summed E-state index contributed by atoms with van der Waals surface area (Å²) in [5.74, 6) is 2.76. The summed E-state index contributed by atoms with van der Waals surface area (Å²) in [5.41, 5.74) is 0. The smallest absolute Gasteiger partial charge is 0.134 e. The van der Waals surface area contributed by atoms with Gasteiger partial charge >= 0.3 is 0 Å². The third-order valence-electron chi connectivity index (χ3n) is 1.20. The van der Waals surface area contributed by atoms with Gasteiger partial charge < -0.3 is 0 Å². The van der Waals surface area contributed by atoms with E-state index < -0.39 is 0 Å². The zero-order valence-corrected chi connectivity index (χ0v) is 6.35. The molecule has 0 aromatic heterocycles. The molecule has 0 saturated carbocycles. The Bertz CT molecular complexity index is 96.6. The molecule has 1 heterocycles. The van der Waals surface area contributed by atoms with Gasteiger partial charge in [-0.05, 0) is 6.92 Å². The molecule has 1 rings (SSSR count). The predicted molar refractivity (Wildman–Crippen MR) is 39.1 cm³/mol. The summed E-state index contributed by atoms with van der Waals surface area (Å²) in [5, 5.41) is 0. The van der Waals surface area contributed by atoms with Crippen molar-refractivity contribution in [3.8, 4) is 0 Å². The highest BCUT2D eigenvalue weighted by Crippen LogP contribution is 2.34. The van der Waals surface area contributed by atoms with Crippen LogP contribution in [0.15, 0.2) is 0 Å². The van der Waals surface area contributed by atoms with Gasteiger partial charge in [0, 0.05) is 17.4 Å². The largest absolute Gasteiger partial charge is 0.300 e. The molecule has 0 aromatic carbocycles. The van der Waals surface area contributed by atoms with Gasteiger partial charge in [-0.3, -0.25) is 4.79 Å². The lowest BCUT2D eigenvalue weighted by molar-refractivity contribution is -0.119. The summed E-state index contributed by atoms with van der Waals surface area (Å²) < 4.78 is 0. The minimum Gasteiger partial charge on any atom is -0.300 e. The summed E-state index contributed by atoms with van der Waals surface area (Å²) in [6.45, 7) is 1.68. The quantitative estimate of drug-likeness (QED) is 0.526. The fraction of sp³-hybridized carbons (Fsp3) is 0.800. The fourth-order valence-corrected chi connectivity index (χ4v) is 3.48. The van der Waals surface area contributed by atoms with Crippen LogP contribution >= 0.6 is 21.6 Å². The molecule has 0 aromatic rings. The maximum atomic E-state index is 10.6. The first-order valence-electron chi connectivity index (χ1n) is 2.55. The summed E-state index contributed by atoms with van der Waals surface area (Å²) in [6, 6.07) is 0. The van der Waals surface area contributed by atoms with Gasteiger partial charge in [-0.15, -0.1) is 0 Å². The molecule has 8 heavy (non-hydrogen) atoms. The molecule has 1 fully saturated rings. The highest BCUT2D eigenvalue weighted by atomic mass is 33.1. The van der Waals surface area contributed by atoms with E-state index in [0.29, 0.717) is 11.7 Å². The van der Waals surface area contributed by atoms with E-state index >= 15 is 0 Å². The predicted octanol–water partition coefficient (Wildman–Crippen LogP) is 1.59. The molecule has 0 atom stereocenters. The van der Waals surface area contributed by atoms with Crippen molar-refractivity contribution in [1.82, 2.24) is 0 Å². The molecule has 0 unspecified atom stereocenters. The van der Waals surface area contributed by atoms with Crippen LogP contribution in [0.5, 0.6) is 0 Å². The lowest BCUT2D eigenvalue weighted by Crippen LogP contribution is -2.11. The van der Waals surface area contributed by atoms with Crippen LogP contribution in [0.3, 0.4) is 0 Å². The standard InChI is InChI=1S/C5H8OS2/c1-4(6)5-2-7-8-3-5/h5H,2-3H2,1H3. The molecule has 1 saturated heterocycles. The second-order valence-corrected chi connectivity index (χ2v) is 4.43. The van der Waals surface area contributed by atoms with E-state index in [2.05, 4.69) is 0 Å². The Morgan fingerprint density at radius 2 is 2.00 bits per heavy atom. The number of rotatable bonds is 1. The minimum atomic E-state index is 0.350. The van der Waals surface area contributed by atoms with Crippen molar-refractivity contribution in [1.29, 1.82) is 0 Å². The summed E-state index contributed by atoms with van der Waals surface area (Å²) in [6.07, 6.45) is 0. The Balaban J connectivity index is 2.35. The maximum Gasteiger partial charge on any atom is 0.134 e. The molecule has 1 aliphatic heterocycles. The van der Waals surface area contributed by atoms with E-state index in [1.807, 2.05) is 0 Å². The first-order chi connectivity index (χ1) is 3.80. The number of carbonyl (C=O) groups excluding carboxylic acids is 1. The van der Waals surface area contributed by atoms with E-state index in [1.165, 1.54) is 0 Å². The Morgan fingerprint density at radius 1 is 1.50 bits per heavy atom. The van der Waals surface area contributed by atoms with E-state index in [1.54, 1.807) is 28.5 Å².